The highest BCUT2D eigenvalue weighted by Gasteiger charge is 2.45. The van der Waals surface area contributed by atoms with Crippen molar-refractivity contribution >= 4 is 30.2 Å². The zero-order valence-electron chi connectivity index (χ0n) is 15.9. The number of ether oxygens (including phenoxy) is 1. The van der Waals surface area contributed by atoms with Gasteiger partial charge >= 0.3 is 0 Å². The molecular weight excluding hydrogens is 380 g/mol. The predicted molar refractivity (Wildman–Crippen MR) is 108 cm³/mol. The number of hydroxylamine groups is 1. The van der Waals surface area contributed by atoms with Crippen molar-refractivity contribution in [3.63, 3.8) is 0 Å². The van der Waals surface area contributed by atoms with E-state index >= 15 is 0 Å². The highest BCUT2D eigenvalue weighted by atomic mass is 35.5. The van der Waals surface area contributed by atoms with E-state index in [1.165, 1.54) is 31.8 Å². The van der Waals surface area contributed by atoms with Gasteiger partial charge in [-0.15, -0.1) is 12.4 Å². The second-order valence-electron chi connectivity index (χ2n) is 7.96. The number of carbonyl (C=O) groups is 2. The highest BCUT2D eigenvalue weighted by Crippen LogP contribution is 2.40. The third kappa shape index (κ3) is 4.24. The Hall–Kier alpha value is -1.89. The second-order valence-corrected chi connectivity index (χ2v) is 7.96. The average molecular weight is 407 g/mol. The van der Waals surface area contributed by atoms with Gasteiger partial charge in [-0.25, -0.2) is 5.48 Å². The first-order valence-corrected chi connectivity index (χ1v) is 9.81. The fourth-order valence-corrected chi connectivity index (χ4v) is 4.77. The molecule has 1 atom stereocenters. The van der Waals surface area contributed by atoms with Crippen LogP contribution in [0.25, 0.3) is 6.08 Å². The summed E-state index contributed by atoms with van der Waals surface area (Å²) in [4.78, 5) is 26.6. The Kier molecular flexibility index (Phi) is 6.43. The van der Waals surface area contributed by atoms with Crippen LogP contribution in [0.4, 0.5) is 0 Å². The van der Waals surface area contributed by atoms with E-state index in [1.807, 2.05) is 12.1 Å². The van der Waals surface area contributed by atoms with E-state index < -0.39 is 11.5 Å². The maximum Gasteiger partial charge on any atom is 0.267 e. The number of hydrogen-bond acceptors (Lipinski definition) is 5. The molecule has 1 unspecified atom stereocenters. The van der Waals surface area contributed by atoms with Gasteiger partial charge in [0.15, 0.2) is 5.78 Å². The van der Waals surface area contributed by atoms with E-state index in [9.17, 15) is 9.59 Å². The zero-order valence-corrected chi connectivity index (χ0v) is 16.7. The first-order chi connectivity index (χ1) is 13.1. The number of amides is 1. The van der Waals surface area contributed by atoms with E-state index in [1.54, 1.807) is 17.6 Å². The molecule has 6 nitrogen and oxygen atoms in total. The highest BCUT2D eigenvalue weighted by molar-refractivity contribution is 6.01. The lowest BCUT2D eigenvalue weighted by Gasteiger charge is -2.46. The van der Waals surface area contributed by atoms with Crippen molar-refractivity contribution in [2.75, 3.05) is 13.1 Å². The van der Waals surface area contributed by atoms with Crippen LogP contribution in [0.2, 0.25) is 0 Å². The summed E-state index contributed by atoms with van der Waals surface area (Å²) in [7, 11) is 0. The van der Waals surface area contributed by atoms with Crippen molar-refractivity contribution < 1.29 is 19.5 Å². The minimum absolute atomic E-state index is 0. The summed E-state index contributed by atoms with van der Waals surface area (Å²) in [5, 5.41) is 8.56. The molecule has 2 fully saturated rings. The molecule has 7 heteroatoms. The summed E-state index contributed by atoms with van der Waals surface area (Å²) in [5.74, 6) is 0.137. The molecule has 1 aromatic rings. The van der Waals surface area contributed by atoms with Crippen molar-refractivity contribution in [2.45, 2.75) is 56.6 Å². The number of nitrogens with zero attached hydrogens (tertiary/aromatic N) is 1. The molecule has 2 aliphatic heterocycles. The zero-order chi connectivity index (χ0) is 18.9. The average Bonchev–Trinajstić information content (AvgIpc) is 3.21. The first kappa shape index (κ1) is 20.8. The molecule has 28 heavy (non-hydrogen) atoms. The molecule has 4 rings (SSSR count). The number of likely N-dealkylation sites (tertiary alicyclic amines) is 1. The molecule has 1 saturated carbocycles. The van der Waals surface area contributed by atoms with Crippen LogP contribution in [0.1, 0.15) is 60.9 Å². The molecular formula is C21H27ClN2O4. The molecule has 1 spiro atoms. The summed E-state index contributed by atoms with van der Waals surface area (Å²) in [5.41, 5.74) is 2.44. The number of ketones is 1. The Morgan fingerprint density at radius 2 is 2.07 bits per heavy atom. The fourth-order valence-electron chi connectivity index (χ4n) is 4.77. The minimum Gasteiger partial charge on any atom is -0.485 e. The number of benzene rings is 1. The molecule has 1 saturated heterocycles. The largest absolute Gasteiger partial charge is 0.485 e. The number of halogens is 1. The van der Waals surface area contributed by atoms with Crippen LogP contribution < -0.4 is 10.2 Å². The van der Waals surface area contributed by atoms with Gasteiger partial charge in [0.25, 0.3) is 5.91 Å². The van der Waals surface area contributed by atoms with E-state index in [0.717, 1.165) is 31.5 Å². The van der Waals surface area contributed by atoms with E-state index in [4.69, 9.17) is 9.94 Å². The van der Waals surface area contributed by atoms with E-state index in [2.05, 4.69) is 4.90 Å². The van der Waals surface area contributed by atoms with Crippen molar-refractivity contribution in [3.05, 3.63) is 35.4 Å². The Morgan fingerprint density at radius 3 is 2.82 bits per heavy atom. The van der Waals surface area contributed by atoms with Crippen molar-refractivity contribution in [1.82, 2.24) is 10.4 Å². The second kappa shape index (κ2) is 8.64. The van der Waals surface area contributed by atoms with Gasteiger partial charge in [0.05, 0.1) is 12.0 Å². The molecule has 152 valence electrons. The number of Topliss-reactive ketones (excluding diaryl/α,β-unsaturated/α-hetero) is 1. The summed E-state index contributed by atoms with van der Waals surface area (Å²) >= 11 is 0. The number of fused-ring (bicyclic) bond motifs is 1. The molecule has 1 aromatic carbocycles. The molecule has 0 aromatic heterocycles. The van der Waals surface area contributed by atoms with Gasteiger partial charge in [-0.2, -0.15) is 0 Å². The maximum atomic E-state index is 12.9. The third-order valence-electron chi connectivity index (χ3n) is 6.06. The summed E-state index contributed by atoms with van der Waals surface area (Å²) in [6, 6.07) is 6.04. The Balaban J connectivity index is 0.00000225. The topological polar surface area (TPSA) is 78.9 Å². The number of piperidine rings is 1. The minimum atomic E-state index is -0.608. The van der Waals surface area contributed by atoms with Crippen LogP contribution >= 0.6 is 12.4 Å². The van der Waals surface area contributed by atoms with Crippen LogP contribution in [0, 0.1) is 0 Å². The smallest absolute Gasteiger partial charge is 0.267 e. The summed E-state index contributed by atoms with van der Waals surface area (Å²) in [6.07, 6.45) is 10.3. The van der Waals surface area contributed by atoms with Crippen LogP contribution in [0.5, 0.6) is 5.75 Å². The van der Waals surface area contributed by atoms with Crippen LogP contribution in [0.15, 0.2) is 24.3 Å². The lowest BCUT2D eigenvalue weighted by Crippen LogP contribution is -2.56. The van der Waals surface area contributed by atoms with Gasteiger partial charge < -0.3 is 4.74 Å². The Bertz CT molecular complexity index is 776. The lowest BCUT2D eigenvalue weighted by molar-refractivity contribution is -0.124. The van der Waals surface area contributed by atoms with Gasteiger partial charge in [-0.05, 0) is 56.0 Å². The normalized spacial score (nSPS) is 25.4. The molecule has 0 radical (unpaired) electrons. The number of carbonyl (C=O) groups excluding carboxylic acids is 2. The lowest BCUT2D eigenvalue weighted by atomic mass is 9.82. The molecule has 1 amide bonds. The maximum absolute atomic E-state index is 12.9. The monoisotopic (exact) mass is 406 g/mol. The number of hydrogen-bond donors (Lipinski definition) is 2. The van der Waals surface area contributed by atoms with Crippen molar-refractivity contribution in [3.8, 4) is 5.75 Å². The fraction of sp³-hybridized carbons (Fsp3) is 0.524. The van der Waals surface area contributed by atoms with Crippen LogP contribution in [0.3, 0.4) is 0 Å². The standard InChI is InChI=1S/C21H26N2O4.ClH/c24-18-13-21(10-3-11-23(14-21)16-4-1-2-5-16)27-19-8-6-15(12-17(18)19)7-9-20(25)22-26;/h6-9,12,16,26H,1-5,10-11,13-14H2,(H,22,25);1H/b9-7+;. The van der Waals surface area contributed by atoms with Crippen LogP contribution in [-0.2, 0) is 4.79 Å². The predicted octanol–water partition coefficient (Wildman–Crippen LogP) is 3.37. The van der Waals surface area contributed by atoms with Gasteiger partial charge in [-0.1, -0.05) is 18.9 Å². The summed E-state index contributed by atoms with van der Waals surface area (Å²) in [6.45, 7) is 1.94. The van der Waals surface area contributed by atoms with Gasteiger partial charge in [0.1, 0.15) is 11.4 Å². The summed E-state index contributed by atoms with van der Waals surface area (Å²) < 4.78 is 6.42. The molecule has 2 N–H and O–H groups in total. The van der Waals surface area contributed by atoms with Gasteiger partial charge in [-0.3, -0.25) is 19.7 Å². The molecule has 0 bridgehead atoms. The van der Waals surface area contributed by atoms with Gasteiger partial charge in [0.2, 0.25) is 0 Å². The van der Waals surface area contributed by atoms with E-state index in [0.29, 0.717) is 23.8 Å². The molecule has 3 aliphatic rings. The molecule has 1 aliphatic carbocycles. The third-order valence-corrected chi connectivity index (χ3v) is 6.06. The number of nitrogens with one attached hydrogen (secondary N) is 1. The van der Waals surface area contributed by atoms with E-state index in [-0.39, 0.29) is 18.2 Å². The SMILES string of the molecule is Cl.O=C(/C=C/c1ccc2c(c1)C(=O)CC1(CCCN(C3CCCC3)C1)O2)NO. The van der Waals surface area contributed by atoms with Gasteiger partial charge in [0, 0.05) is 18.7 Å². The Morgan fingerprint density at radius 1 is 1.29 bits per heavy atom. The van der Waals surface area contributed by atoms with Crippen molar-refractivity contribution in [2.24, 2.45) is 0 Å². The first-order valence-electron chi connectivity index (χ1n) is 9.81. The molecule has 2 heterocycles. The number of rotatable bonds is 3. The quantitative estimate of drug-likeness (QED) is 0.457. The van der Waals surface area contributed by atoms with Crippen LogP contribution in [-0.4, -0.2) is 46.5 Å². The van der Waals surface area contributed by atoms with Crippen molar-refractivity contribution in [1.29, 1.82) is 0 Å². The Labute approximate surface area is 171 Å².